The number of sulfone groups is 1. The normalized spacial score (nSPS) is 12.2. The van der Waals surface area contributed by atoms with E-state index in [9.17, 15) is 17.2 Å². The summed E-state index contributed by atoms with van der Waals surface area (Å²) in [5.74, 6) is -1.66. The van der Waals surface area contributed by atoms with Gasteiger partial charge < -0.3 is 0 Å². The summed E-state index contributed by atoms with van der Waals surface area (Å²) >= 11 is 5.83. The number of pyridine rings is 1. The van der Waals surface area contributed by atoms with Crippen LogP contribution >= 0.6 is 11.6 Å². The van der Waals surface area contributed by atoms with Crippen LogP contribution in [0.25, 0.3) is 10.4 Å². The quantitative estimate of drug-likeness (QED) is 0.295. The van der Waals surface area contributed by atoms with Crippen LogP contribution in [0.15, 0.2) is 70.8 Å². The van der Waals surface area contributed by atoms with Crippen molar-refractivity contribution in [1.29, 1.82) is 0 Å². The Kier molecular flexibility index (Phi) is 6.12. The smallest absolute Gasteiger partial charge is 0.191 e. The second-order valence-corrected chi connectivity index (χ2v) is 8.49. The predicted octanol–water partition coefficient (Wildman–Crippen LogP) is 5.39. The average molecular weight is 435 g/mol. The molecule has 0 N–H and O–H groups in total. The first kappa shape index (κ1) is 20.7. The Balaban J connectivity index is 2.18. The molecule has 29 heavy (non-hydrogen) atoms. The maximum absolute atomic E-state index is 14.5. The molecule has 0 fully saturated rings. The number of hydrogen-bond acceptors (Lipinski definition) is 4. The van der Waals surface area contributed by atoms with Gasteiger partial charge in [-0.3, -0.25) is 4.98 Å². The molecule has 0 spiro atoms. The van der Waals surface area contributed by atoms with Gasteiger partial charge in [-0.25, -0.2) is 17.2 Å². The van der Waals surface area contributed by atoms with Gasteiger partial charge in [-0.1, -0.05) is 22.8 Å². The summed E-state index contributed by atoms with van der Waals surface area (Å²) in [5.41, 5.74) is 8.56. The van der Waals surface area contributed by atoms with E-state index in [1.807, 2.05) is 0 Å². The lowest BCUT2D eigenvalue weighted by atomic mass is 10.1. The van der Waals surface area contributed by atoms with Gasteiger partial charge in [-0.15, -0.1) is 0 Å². The van der Waals surface area contributed by atoms with Crippen LogP contribution in [0.5, 0.6) is 0 Å². The molecule has 0 saturated carbocycles. The third kappa shape index (κ3) is 4.54. The third-order valence-corrected chi connectivity index (χ3v) is 6.42. The highest BCUT2D eigenvalue weighted by molar-refractivity contribution is 7.91. The minimum Gasteiger partial charge on any atom is -0.259 e. The molecular formula is C19H13ClF2N4O2S. The first-order valence-electron chi connectivity index (χ1n) is 8.23. The molecule has 1 heterocycles. The van der Waals surface area contributed by atoms with Gasteiger partial charge in [-0.2, -0.15) is 0 Å². The lowest BCUT2D eigenvalue weighted by Crippen LogP contribution is -2.18. The molecule has 0 saturated heterocycles. The lowest BCUT2D eigenvalue weighted by molar-refractivity contribution is 0.568. The zero-order valence-electron chi connectivity index (χ0n) is 14.7. The largest absolute Gasteiger partial charge is 0.259 e. The Bertz CT molecular complexity index is 1180. The van der Waals surface area contributed by atoms with Gasteiger partial charge in [0.15, 0.2) is 9.84 Å². The molecule has 1 aromatic heterocycles. The number of benzene rings is 2. The van der Waals surface area contributed by atoms with E-state index in [0.717, 1.165) is 18.2 Å². The zero-order chi connectivity index (χ0) is 21.0. The predicted molar refractivity (Wildman–Crippen MR) is 104 cm³/mol. The molecule has 10 heteroatoms. The summed E-state index contributed by atoms with van der Waals surface area (Å²) in [5, 5.41) is 2.15. The van der Waals surface area contributed by atoms with Crippen molar-refractivity contribution in [2.45, 2.75) is 16.7 Å². The van der Waals surface area contributed by atoms with E-state index in [1.54, 1.807) is 0 Å². The first-order valence-corrected chi connectivity index (χ1v) is 10.2. The van der Waals surface area contributed by atoms with Crippen LogP contribution in [0.2, 0.25) is 5.02 Å². The Morgan fingerprint density at radius 1 is 1.10 bits per heavy atom. The van der Waals surface area contributed by atoms with E-state index >= 15 is 0 Å². The topological polar surface area (TPSA) is 95.8 Å². The summed E-state index contributed by atoms with van der Waals surface area (Å²) in [4.78, 5) is 6.64. The number of rotatable bonds is 6. The van der Waals surface area contributed by atoms with Crippen molar-refractivity contribution in [2.24, 2.45) is 5.11 Å². The van der Waals surface area contributed by atoms with Crippen LogP contribution in [-0.4, -0.2) is 13.4 Å². The van der Waals surface area contributed by atoms with Crippen LogP contribution in [0, 0.1) is 11.6 Å². The van der Waals surface area contributed by atoms with Gasteiger partial charge in [-0.05, 0) is 59.6 Å². The lowest BCUT2D eigenvalue weighted by Gasteiger charge is -2.19. The number of nitrogens with zero attached hydrogens (tertiary/aromatic N) is 4. The maximum atomic E-state index is 14.5. The monoisotopic (exact) mass is 434 g/mol. The second-order valence-electron chi connectivity index (χ2n) is 6.03. The molecule has 0 aliphatic rings. The highest BCUT2D eigenvalue weighted by atomic mass is 35.5. The van der Waals surface area contributed by atoms with Crippen molar-refractivity contribution in [3.8, 4) is 0 Å². The van der Waals surface area contributed by atoms with Crippen LogP contribution in [0.4, 0.5) is 8.78 Å². The highest BCUT2D eigenvalue weighted by Crippen LogP contribution is 2.36. The van der Waals surface area contributed by atoms with E-state index in [2.05, 4.69) is 15.0 Å². The molecule has 1 unspecified atom stereocenters. The molecule has 2 aromatic carbocycles. The fourth-order valence-corrected chi connectivity index (χ4v) is 4.65. The first-order chi connectivity index (χ1) is 13.8. The van der Waals surface area contributed by atoms with Crippen molar-refractivity contribution >= 4 is 21.4 Å². The Morgan fingerprint density at radius 3 is 2.45 bits per heavy atom. The number of hydrogen-bond donors (Lipinski definition) is 0. The van der Waals surface area contributed by atoms with Crippen LogP contribution < -0.4 is 0 Å². The van der Waals surface area contributed by atoms with Crippen LogP contribution in [0.1, 0.15) is 22.1 Å². The number of azide groups is 1. The molecule has 3 rings (SSSR count). The van der Waals surface area contributed by atoms with Gasteiger partial charge in [0.1, 0.15) is 16.9 Å². The molecule has 0 aliphatic heterocycles. The van der Waals surface area contributed by atoms with E-state index < -0.39 is 26.7 Å². The van der Waals surface area contributed by atoms with Gasteiger partial charge in [0.25, 0.3) is 0 Å². The third-order valence-electron chi connectivity index (χ3n) is 4.13. The van der Waals surface area contributed by atoms with E-state index in [0.29, 0.717) is 10.6 Å². The van der Waals surface area contributed by atoms with Gasteiger partial charge >= 0.3 is 0 Å². The van der Waals surface area contributed by atoms with Gasteiger partial charge in [0.05, 0.1) is 17.1 Å². The maximum Gasteiger partial charge on any atom is 0.191 e. The van der Waals surface area contributed by atoms with Gasteiger partial charge in [0.2, 0.25) is 0 Å². The van der Waals surface area contributed by atoms with Crippen LogP contribution in [-0.2, 0) is 16.4 Å². The average Bonchev–Trinajstić information content (AvgIpc) is 2.70. The molecule has 6 nitrogen and oxygen atoms in total. The zero-order valence-corrected chi connectivity index (χ0v) is 16.3. The molecule has 1 atom stereocenters. The Morgan fingerprint density at radius 2 is 1.83 bits per heavy atom. The fraction of sp³-hybridized carbons (Fsp3) is 0.105. The molecule has 0 amide bonds. The van der Waals surface area contributed by atoms with Gasteiger partial charge in [0, 0.05) is 21.7 Å². The summed E-state index contributed by atoms with van der Waals surface area (Å²) in [6.45, 7) is 0.0205. The summed E-state index contributed by atoms with van der Waals surface area (Å²) in [7, 11) is -4.20. The SMILES string of the molecule is [N-]=[N+]=NCc1ccc(C(c2cc(F)ccc2F)S(=O)(=O)c2ccc(Cl)cc2)nc1. The second kappa shape index (κ2) is 8.57. The van der Waals surface area contributed by atoms with E-state index in [4.69, 9.17) is 17.1 Å². The molecule has 0 bridgehead atoms. The van der Waals surface area contributed by atoms with E-state index in [1.165, 1.54) is 42.6 Å². The fourth-order valence-electron chi connectivity index (χ4n) is 2.76. The minimum absolute atomic E-state index is 0.00543. The molecule has 148 valence electrons. The summed E-state index contributed by atoms with van der Waals surface area (Å²) < 4.78 is 55.0. The van der Waals surface area contributed by atoms with Crippen molar-refractivity contribution in [2.75, 3.05) is 0 Å². The summed E-state index contributed by atoms with van der Waals surface area (Å²) in [6.07, 6.45) is 1.32. The molecule has 0 radical (unpaired) electrons. The molecular weight excluding hydrogens is 422 g/mol. The standard InChI is InChI=1S/C19H13ClF2N4O2S/c20-13-2-5-15(6-3-13)29(27,28)19(16-9-14(21)4-7-17(16)22)18-8-1-12(10-24-18)11-25-26-23/h1-10,19H,11H2. The van der Waals surface area contributed by atoms with Crippen molar-refractivity contribution in [1.82, 2.24) is 4.98 Å². The van der Waals surface area contributed by atoms with Crippen molar-refractivity contribution < 1.29 is 17.2 Å². The number of halogens is 3. The highest BCUT2D eigenvalue weighted by Gasteiger charge is 2.34. The minimum atomic E-state index is -4.20. The van der Waals surface area contributed by atoms with E-state index in [-0.39, 0.29) is 22.7 Å². The van der Waals surface area contributed by atoms with Crippen molar-refractivity contribution in [3.05, 3.63) is 105 Å². The molecule has 3 aromatic rings. The number of aromatic nitrogens is 1. The van der Waals surface area contributed by atoms with Crippen LogP contribution in [0.3, 0.4) is 0 Å². The van der Waals surface area contributed by atoms with Crippen molar-refractivity contribution in [3.63, 3.8) is 0 Å². The Hall–Kier alpha value is -3.00. The Labute approximate surface area is 170 Å². The summed E-state index contributed by atoms with van der Waals surface area (Å²) in [6, 6.07) is 10.9. The molecule has 0 aliphatic carbocycles.